The van der Waals surface area contributed by atoms with Crippen LogP contribution in [0.4, 0.5) is 10.6 Å². The molecule has 0 saturated carbocycles. The Balaban J connectivity index is 1.81. The summed E-state index contributed by atoms with van der Waals surface area (Å²) in [6.45, 7) is 2.16. The van der Waals surface area contributed by atoms with Crippen LogP contribution in [-0.2, 0) is 33.7 Å². The summed E-state index contributed by atoms with van der Waals surface area (Å²) in [5.74, 6) is -0.699. The fourth-order valence-electron chi connectivity index (χ4n) is 3.46. The molecule has 0 aliphatic carbocycles. The first-order chi connectivity index (χ1) is 16.9. The van der Waals surface area contributed by atoms with Crippen LogP contribution < -0.4 is 5.32 Å². The van der Waals surface area contributed by atoms with E-state index >= 15 is 0 Å². The van der Waals surface area contributed by atoms with Crippen molar-refractivity contribution < 1.29 is 52.9 Å². The molecule has 0 radical (unpaired) electrons. The number of nitriles is 1. The van der Waals surface area contributed by atoms with Crippen molar-refractivity contribution in [3.63, 3.8) is 0 Å². The van der Waals surface area contributed by atoms with Gasteiger partial charge in [-0.15, -0.1) is 0 Å². The molecular formula is C19H24N5O11P. The lowest BCUT2D eigenvalue weighted by Gasteiger charge is -2.24. The molecule has 2 aromatic heterocycles. The molecule has 0 spiro atoms. The summed E-state index contributed by atoms with van der Waals surface area (Å²) in [4.78, 5) is 45.1. The van der Waals surface area contributed by atoms with E-state index in [2.05, 4.69) is 19.9 Å². The number of hydrogen-bond donors (Lipinski definition) is 5. The molecule has 5 N–H and O–H groups in total. The maximum Gasteiger partial charge on any atom is 0.508 e. The Morgan fingerprint density at radius 2 is 2.08 bits per heavy atom. The van der Waals surface area contributed by atoms with Crippen LogP contribution in [-0.4, -0.2) is 84.3 Å². The van der Waals surface area contributed by atoms with Crippen molar-refractivity contribution in [3.05, 3.63) is 24.2 Å². The van der Waals surface area contributed by atoms with Crippen LogP contribution in [0.25, 0.3) is 5.52 Å². The Hall–Kier alpha value is -3.16. The molecule has 4 atom stereocenters. The molecule has 196 valence electrons. The fourth-order valence-corrected chi connectivity index (χ4v) is 3.79. The third kappa shape index (κ3) is 5.97. The number of anilines is 1. The highest BCUT2D eigenvalue weighted by Gasteiger charge is 2.58. The highest BCUT2D eigenvalue weighted by Crippen LogP contribution is 2.40. The van der Waals surface area contributed by atoms with Crippen LogP contribution >= 0.6 is 7.82 Å². The first-order valence-corrected chi connectivity index (χ1v) is 12.0. The topological polar surface area (TPSA) is 235 Å². The average Bonchev–Trinajstić information content (AvgIpc) is 3.32. The van der Waals surface area contributed by atoms with Crippen molar-refractivity contribution in [2.24, 2.45) is 0 Å². The molecule has 3 heterocycles. The number of aromatic nitrogens is 3. The number of aliphatic hydroxyl groups is 2. The third-order valence-electron chi connectivity index (χ3n) is 5.00. The van der Waals surface area contributed by atoms with Gasteiger partial charge in [0, 0.05) is 0 Å². The molecule has 17 heteroatoms. The number of carbonyl (C=O) groups is 2. The number of nitrogens with one attached hydrogen (secondary N) is 1. The van der Waals surface area contributed by atoms with E-state index in [1.54, 1.807) is 13.8 Å². The number of ether oxygens (including phenoxy) is 3. The summed E-state index contributed by atoms with van der Waals surface area (Å²) >= 11 is 0. The van der Waals surface area contributed by atoms with Crippen LogP contribution in [0.5, 0.6) is 0 Å². The second-order valence-electron chi connectivity index (χ2n) is 7.91. The highest BCUT2D eigenvalue weighted by atomic mass is 31.2. The number of carbonyl (C=O) groups excluding carboxylic acids is 2. The normalized spacial score (nSPS) is 24.0. The zero-order valence-electron chi connectivity index (χ0n) is 19.0. The van der Waals surface area contributed by atoms with E-state index in [0.717, 1.165) is 10.8 Å². The summed E-state index contributed by atoms with van der Waals surface area (Å²) in [5, 5.41) is 37.6. The minimum atomic E-state index is -4.73. The summed E-state index contributed by atoms with van der Waals surface area (Å²) < 4.78 is 31.6. The van der Waals surface area contributed by atoms with Gasteiger partial charge < -0.3 is 39.5 Å². The third-order valence-corrected chi connectivity index (χ3v) is 5.52. The quantitative estimate of drug-likeness (QED) is 0.205. The number of aliphatic hydroxyl groups excluding tert-OH is 2. The van der Waals surface area contributed by atoms with Gasteiger partial charge in [-0.2, -0.15) is 10.4 Å². The molecule has 36 heavy (non-hydrogen) atoms. The lowest BCUT2D eigenvalue weighted by molar-refractivity contribution is -0.116. The molecule has 16 nitrogen and oxygen atoms in total. The number of phosphoric acid groups is 1. The molecular weight excluding hydrogens is 505 g/mol. The maximum absolute atomic E-state index is 12.1. The second kappa shape index (κ2) is 10.8. The fraction of sp³-hybridized carbons (Fsp3) is 0.526. The Morgan fingerprint density at radius 1 is 1.36 bits per heavy atom. The zero-order valence-corrected chi connectivity index (χ0v) is 19.9. The zero-order chi connectivity index (χ0) is 26.7. The van der Waals surface area contributed by atoms with Gasteiger partial charge in [-0.3, -0.25) is 9.32 Å². The van der Waals surface area contributed by atoms with Gasteiger partial charge in [0.25, 0.3) is 0 Å². The first-order valence-electron chi connectivity index (χ1n) is 10.5. The number of fused-ring (bicyclic) bond motifs is 1. The van der Waals surface area contributed by atoms with E-state index < -0.39 is 69.5 Å². The van der Waals surface area contributed by atoms with Crippen LogP contribution in [0.1, 0.15) is 26.0 Å². The van der Waals surface area contributed by atoms with E-state index in [-0.39, 0.29) is 17.0 Å². The van der Waals surface area contributed by atoms with E-state index in [4.69, 9.17) is 24.0 Å². The molecule has 0 bridgehead atoms. The monoisotopic (exact) mass is 529 g/mol. The van der Waals surface area contributed by atoms with Crippen LogP contribution in [0.3, 0.4) is 0 Å². The van der Waals surface area contributed by atoms with Crippen LogP contribution in [0, 0.1) is 11.3 Å². The minimum Gasteiger partial charge on any atom is -0.432 e. The van der Waals surface area contributed by atoms with Crippen molar-refractivity contribution in [2.45, 2.75) is 50.3 Å². The van der Waals surface area contributed by atoms with Crippen molar-refractivity contribution >= 4 is 31.2 Å². The van der Waals surface area contributed by atoms with Gasteiger partial charge >= 0.3 is 14.0 Å². The first kappa shape index (κ1) is 27.4. The highest BCUT2D eigenvalue weighted by molar-refractivity contribution is 7.46. The molecule has 2 aromatic rings. The smallest absolute Gasteiger partial charge is 0.432 e. The number of nitrogens with zero attached hydrogens (tertiary/aromatic N) is 4. The SMILES string of the molecule is CC(C)OC(=O)OC[C@H]1O[C@@](C#N)(c2ccc3c(NC(=O)CCOP(=O)(O)O)ncnn23)[C@H](O)[C@@H]1O. The molecule has 0 unspecified atom stereocenters. The predicted octanol–water partition coefficient (Wildman–Crippen LogP) is -0.432. The average molecular weight is 529 g/mol. The summed E-state index contributed by atoms with van der Waals surface area (Å²) in [6, 6.07) is 4.63. The van der Waals surface area contributed by atoms with Crippen molar-refractivity contribution in [1.29, 1.82) is 5.26 Å². The van der Waals surface area contributed by atoms with E-state index in [0.29, 0.717) is 0 Å². The molecule has 0 aromatic carbocycles. The summed E-state index contributed by atoms with van der Waals surface area (Å²) in [7, 11) is -4.73. The van der Waals surface area contributed by atoms with Gasteiger partial charge in [-0.1, -0.05) is 0 Å². The lowest BCUT2D eigenvalue weighted by atomic mass is 9.92. The molecule has 1 saturated heterocycles. The molecule has 1 fully saturated rings. The Morgan fingerprint density at radius 3 is 2.72 bits per heavy atom. The molecule has 3 rings (SSSR count). The largest absolute Gasteiger partial charge is 0.508 e. The molecule has 1 aliphatic heterocycles. The van der Waals surface area contributed by atoms with Gasteiger partial charge in [-0.05, 0) is 26.0 Å². The molecule has 1 aliphatic rings. The Bertz CT molecular complexity index is 1210. The standard InChI is InChI=1S/C19H24N5O11P/c1-10(2)34-18(28)32-7-12-15(26)16(27)19(8-20,35-12)13-4-3-11-17(21-9-22-24(11)13)23-14(25)5-6-33-36(29,30)31/h3-4,9-10,12,15-16,26-27H,5-7H2,1-2H3,(H2,29,30,31)(H,21,22,23,25)/t12-,15-,16-,19+/m1/s1. The Kier molecular flexibility index (Phi) is 8.26. The predicted molar refractivity (Wildman–Crippen MR) is 116 cm³/mol. The van der Waals surface area contributed by atoms with E-state index in [1.165, 1.54) is 12.1 Å². The number of hydrogen-bond acceptors (Lipinski definition) is 12. The number of rotatable bonds is 9. The summed E-state index contributed by atoms with van der Waals surface area (Å²) in [6.07, 6.45) is -5.48. The van der Waals surface area contributed by atoms with Gasteiger partial charge in [0.15, 0.2) is 5.82 Å². The van der Waals surface area contributed by atoms with E-state index in [9.17, 15) is 29.6 Å². The summed E-state index contributed by atoms with van der Waals surface area (Å²) in [5.41, 5.74) is -1.97. The molecule has 1 amide bonds. The van der Waals surface area contributed by atoms with Gasteiger partial charge in [0.05, 0.1) is 24.8 Å². The van der Waals surface area contributed by atoms with Crippen LogP contribution in [0.15, 0.2) is 18.5 Å². The van der Waals surface area contributed by atoms with Gasteiger partial charge in [-0.25, -0.2) is 18.9 Å². The maximum atomic E-state index is 12.1. The second-order valence-corrected chi connectivity index (χ2v) is 9.15. The van der Waals surface area contributed by atoms with Crippen molar-refractivity contribution in [1.82, 2.24) is 14.6 Å². The Labute approximate surface area is 203 Å². The van der Waals surface area contributed by atoms with Gasteiger partial charge in [0.2, 0.25) is 11.5 Å². The van der Waals surface area contributed by atoms with E-state index in [1.807, 2.05) is 6.07 Å². The number of amides is 1. The lowest BCUT2D eigenvalue weighted by Crippen LogP contribution is -2.41. The number of phosphoric ester groups is 1. The van der Waals surface area contributed by atoms with Crippen LogP contribution in [0.2, 0.25) is 0 Å². The minimum absolute atomic E-state index is 0.0125. The van der Waals surface area contributed by atoms with Crippen molar-refractivity contribution in [3.8, 4) is 6.07 Å². The van der Waals surface area contributed by atoms with Crippen molar-refractivity contribution in [2.75, 3.05) is 18.5 Å². The van der Waals surface area contributed by atoms with Gasteiger partial charge in [0.1, 0.15) is 42.8 Å².